The average molecular weight is 246 g/mol. The van der Waals surface area contributed by atoms with Crippen molar-refractivity contribution in [1.29, 1.82) is 0 Å². The van der Waals surface area contributed by atoms with E-state index in [1.165, 1.54) is 25.6 Å². The van der Waals surface area contributed by atoms with E-state index < -0.39 is 5.97 Å². The lowest BCUT2D eigenvalue weighted by atomic mass is 10.3. The summed E-state index contributed by atoms with van der Waals surface area (Å²) in [7, 11) is 1.50. The van der Waals surface area contributed by atoms with Gasteiger partial charge in [-0.3, -0.25) is 4.98 Å². The third-order valence-electron chi connectivity index (χ3n) is 2.09. The van der Waals surface area contributed by atoms with E-state index in [1.54, 1.807) is 18.2 Å². The molecule has 2 aromatic heterocycles. The van der Waals surface area contributed by atoms with Crippen LogP contribution in [0.2, 0.25) is 0 Å². The molecule has 92 valence electrons. The van der Waals surface area contributed by atoms with Gasteiger partial charge in [0.2, 0.25) is 11.8 Å². The first-order valence-electron chi connectivity index (χ1n) is 5.06. The highest BCUT2D eigenvalue weighted by Crippen LogP contribution is 2.21. The highest BCUT2D eigenvalue weighted by atomic mass is 16.5. The number of carboxylic acid groups (broad SMARTS) is 1. The van der Waals surface area contributed by atoms with E-state index in [2.05, 4.69) is 9.97 Å². The van der Waals surface area contributed by atoms with Crippen LogP contribution in [0.3, 0.4) is 0 Å². The minimum Gasteiger partial charge on any atom is -0.481 e. The van der Waals surface area contributed by atoms with Crippen LogP contribution in [0, 0.1) is 0 Å². The number of hydrogen-bond acceptors (Lipinski definition) is 5. The number of aromatic nitrogens is 2. The number of ether oxygens (including phenoxy) is 2. The van der Waals surface area contributed by atoms with Crippen LogP contribution in [0.25, 0.3) is 0 Å². The van der Waals surface area contributed by atoms with Crippen LogP contribution >= 0.6 is 0 Å². The summed E-state index contributed by atoms with van der Waals surface area (Å²) in [5.74, 6) is -0.0456. The largest absolute Gasteiger partial charge is 0.481 e. The van der Waals surface area contributed by atoms with Gasteiger partial charge in [0.05, 0.1) is 18.9 Å². The number of pyridine rings is 2. The van der Waals surface area contributed by atoms with Crippen molar-refractivity contribution in [3.8, 4) is 17.5 Å². The molecule has 0 saturated heterocycles. The van der Waals surface area contributed by atoms with Crippen LogP contribution in [0.5, 0.6) is 17.5 Å². The Kier molecular flexibility index (Phi) is 3.38. The molecule has 2 heterocycles. The van der Waals surface area contributed by atoms with E-state index >= 15 is 0 Å². The summed E-state index contributed by atoms with van der Waals surface area (Å²) in [5.41, 5.74) is 0.0513. The molecule has 0 unspecified atom stereocenters. The van der Waals surface area contributed by atoms with Gasteiger partial charge in [-0.05, 0) is 6.07 Å². The Hall–Kier alpha value is -2.63. The maximum atomic E-state index is 10.8. The summed E-state index contributed by atoms with van der Waals surface area (Å²) in [4.78, 5) is 18.6. The summed E-state index contributed by atoms with van der Waals surface area (Å²) in [6.45, 7) is 0. The second-order valence-electron chi connectivity index (χ2n) is 3.33. The van der Waals surface area contributed by atoms with Gasteiger partial charge >= 0.3 is 5.97 Å². The summed E-state index contributed by atoms with van der Waals surface area (Å²) in [6, 6.07) is 6.40. The molecule has 0 radical (unpaired) electrons. The van der Waals surface area contributed by atoms with Crippen LogP contribution < -0.4 is 9.47 Å². The number of carboxylic acids is 1. The van der Waals surface area contributed by atoms with Gasteiger partial charge in [0, 0.05) is 18.3 Å². The molecule has 0 amide bonds. The van der Waals surface area contributed by atoms with Crippen molar-refractivity contribution < 1.29 is 19.4 Å². The predicted molar refractivity (Wildman–Crippen MR) is 62.1 cm³/mol. The van der Waals surface area contributed by atoms with Gasteiger partial charge in [-0.25, -0.2) is 4.79 Å². The van der Waals surface area contributed by atoms with E-state index in [9.17, 15) is 4.79 Å². The second kappa shape index (κ2) is 5.13. The van der Waals surface area contributed by atoms with Crippen molar-refractivity contribution in [3.63, 3.8) is 0 Å². The molecule has 6 nitrogen and oxygen atoms in total. The number of rotatable bonds is 4. The zero-order chi connectivity index (χ0) is 13.0. The van der Waals surface area contributed by atoms with E-state index in [-0.39, 0.29) is 5.56 Å². The smallest absolute Gasteiger partial charge is 0.337 e. The van der Waals surface area contributed by atoms with Crippen molar-refractivity contribution in [3.05, 3.63) is 42.2 Å². The molecule has 0 saturated carbocycles. The standard InChI is InChI=1S/C12H10N2O4/c1-17-10-3-2-4-11(14-10)18-9-5-8(12(15)16)6-13-7-9/h2-7H,1H3,(H,15,16). The first-order chi connectivity index (χ1) is 8.69. The summed E-state index contributed by atoms with van der Waals surface area (Å²) in [6.07, 6.45) is 2.65. The SMILES string of the molecule is COc1cccc(Oc2cncc(C(=O)O)c2)n1. The van der Waals surface area contributed by atoms with Gasteiger partial charge in [0.25, 0.3) is 0 Å². The summed E-state index contributed by atoms with van der Waals surface area (Å²) >= 11 is 0. The lowest BCUT2D eigenvalue weighted by Crippen LogP contribution is -1.98. The molecular weight excluding hydrogens is 236 g/mol. The molecule has 2 aromatic rings. The lowest BCUT2D eigenvalue weighted by Gasteiger charge is -2.06. The molecule has 0 aliphatic heterocycles. The number of carbonyl (C=O) groups is 1. The quantitative estimate of drug-likeness (QED) is 0.888. The van der Waals surface area contributed by atoms with E-state index in [0.29, 0.717) is 17.5 Å². The van der Waals surface area contributed by atoms with Crippen molar-refractivity contribution >= 4 is 5.97 Å². The Morgan fingerprint density at radius 2 is 2.06 bits per heavy atom. The second-order valence-corrected chi connectivity index (χ2v) is 3.33. The predicted octanol–water partition coefficient (Wildman–Crippen LogP) is 1.98. The van der Waals surface area contributed by atoms with Gasteiger partial charge in [0.1, 0.15) is 5.75 Å². The molecule has 0 aliphatic rings. The maximum absolute atomic E-state index is 10.8. The molecule has 6 heteroatoms. The fourth-order valence-electron chi connectivity index (χ4n) is 1.28. The first-order valence-corrected chi connectivity index (χ1v) is 5.06. The average Bonchev–Trinajstić information content (AvgIpc) is 2.39. The minimum atomic E-state index is -1.06. The zero-order valence-electron chi connectivity index (χ0n) is 9.53. The molecule has 18 heavy (non-hydrogen) atoms. The van der Waals surface area contributed by atoms with Crippen LogP contribution in [-0.4, -0.2) is 28.2 Å². The highest BCUT2D eigenvalue weighted by Gasteiger charge is 2.06. The van der Waals surface area contributed by atoms with Gasteiger partial charge in [-0.1, -0.05) is 6.07 Å². The molecule has 0 aromatic carbocycles. The molecular formula is C12H10N2O4. The van der Waals surface area contributed by atoms with Crippen LogP contribution in [0.1, 0.15) is 10.4 Å². The fraction of sp³-hybridized carbons (Fsp3) is 0.0833. The van der Waals surface area contributed by atoms with Crippen LogP contribution in [0.4, 0.5) is 0 Å². The summed E-state index contributed by atoms with van der Waals surface area (Å²) < 4.78 is 10.3. The van der Waals surface area contributed by atoms with Crippen molar-refractivity contribution in [2.75, 3.05) is 7.11 Å². The number of methoxy groups -OCH3 is 1. The Labute approximate surface area is 103 Å². The van der Waals surface area contributed by atoms with Gasteiger partial charge in [0.15, 0.2) is 0 Å². The van der Waals surface area contributed by atoms with Gasteiger partial charge in [-0.2, -0.15) is 4.98 Å². The van der Waals surface area contributed by atoms with E-state index in [4.69, 9.17) is 14.6 Å². The van der Waals surface area contributed by atoms with E-state index in [1.807, 2.05) is 0 Å². The molecule has 2 rings (SSSR count). The molecule has 0 spiro atoms. The van der Waals surface area contributed by atoms with Crippen molar-refractivity contribution in [2.45, 2.75) is 0 Å². The topological polar surface area (TPSA) is 81.5 Å². The number of nitrogens with zero attached hydrogens (tertiary/aromatic N) is 2. The third-order valence-corrected chi connectivity index (χ3v) is 2.09. The molecule has 0 fully saturated rings. The highest BCUT2D eigenvalue weighted by molar-refractivity contribution is 5.87. The molecule has 0 aliphatic carbocycles. The Bertz CT molecular complexity index is 572. The van der Waals surface area contributed by atoms with E-state index in [0.717, 1.165) is 0 Å². The zero-order valence-corrected chi connectivity index (χ0v) is 9.53. The fourth-order valence-corrected chi connectivity index (χ4v) is 1.28. The molecule has 1 N–H and O–H groups in total. The lowest BCUT2D eigenvalue weighted by molar-refractivity contribution is 0.0696. The van der Waals surface area contributed by atoms with Crippen LogP contribution in [0.15, 0.2) is 36.7 Å². The maximum Gasteiger partial charge on any atom is 0.337 e. The Morgan fingerprint density at radius 3 is 2.78 bits per heavy atom. The van der Waals surface area contributed by atoms with Crippen molar-refractivity contribution in [2.24, 2.45) is 0 Å². The van der Waals surface area contributed by atoms with Gasteiger partial charge < -0.3 is 14.6 Å². The Morgan fingerprint density at radius 1 is 1.28 bits per heavy atom. The monoisotopic (exact) mass is 246 g/mol. The molecule has 0 atom stereocenters. The number of aromatic carboxylic acids is 1. The Balaban J connectivity index is 2.22. The first kappa shape index (κ1) is 11.8. The third kappa shape index (κ3) is 2.73. The summed E-state index contributed by atoms with van der Waals surface area (Å²) in [5, 5.41) is 8.83. The van der Waals surface area contributed by atoms with Crippen molar-refractivity contribution in [1.82, 2.24) is 9.97 Å². The number of hydrogen-bond donors (Lipinski definition) is 1. The molecule has 0 bridgehead atoms. The van der Waals surface area contributed by atoms with Gasteiger partial charge in [-0.15, -0.1) is 0 Å². The van der Waals surface area contributed by atoms with Crippen LogP contribution in [-0.2, 0) is 0 Å². The normalized spacial score (nSPS) is 9.83. The minimum absolute atomic E-state index is 0.0513.